The van der Waals surface area contributed by atoms with E-state index < -0.39 is 5.92 Å². The summed E-state index contributed by atoms with van der Waals surface area (Å²) in [6, 6.07) is 7.24. The maximum Gasteiger partial charge on any atom is 0.234 e. The molecule has 0 aromatic carbocycles. The third kappa shape index (κ3) is 5.25. The highest BCUT2D eigenvalue weighted by Gasteiger charge is 2.24. The number of nitrogens with one attached hydrogen (secondary N) is 2. The van der Waals surface area contributed by atoms with Crippen molar-refractivity contribution in [2.45, 2.75) is 37.4 Å². The number of carbonyl (C=O) groups is 1. The van der Waals surface area contributed by atoms with E-state index in [2.05, 4.69) is 30.0 Å². The van der Waals surface area contributed by atoms with E-state index in [4.69, 9.17) is 11.6 Å². The third-order valence-electron chi connectivity index (χ3n) is 4.65. The van der Waals surface area contributed by atoms with E-state index in [-0.39, 0.29) is 5.91 Å². The van der Waals surface area contributed by atoms with Crippen molar-refractivity contribution in [3.63, 3.8) is 0 Å². The van der Waals surface area contributed by atoms with E-state index in [1.807, 2.05) is 19.1 Å². The summed E-state index contributed by atoms with van der Waals surface area (Å²) in [5, 5.41) is 4.08. The smallest absolute Gasteiger partial charge is 0.234 e. The average molecular weight is 441 g/mol. The lowest BCUT2D eigenvalue weighted by atomic mass is 10.0. The second kappa shape index (κ2) is 9.40. The first-order valence-electron chi connectivity index (χ1n) is 9.75. The molecule has 0 bridgehead atoms. The van der Waals surface area contributed by atoms with Gasteiger partial charge in [-0.1, -0.05) is 18.5 Å². The fraction of sp³-hybridized carbons (Fsp3) is 0.286. The van der Waals surface area contributed by atoms with Crippen molar-refractivity contribution in [1.82, 2.24) is 19.9 Å². The second-order valence-electron chi connectivity index (χ2n) is 7.00. The third-order valence-corrected chi connectivity index (χ3v) is 5.96. The summed E-state index contributed by atoms with van der Waals surface area (Å²) in [7, 11) is 0. The van der Waals surface area contributed by atoms with Crippen LogP contribution in [0.15, 0.2) is 49.1 Å². The number of anilines is 2. The van der Waals surface area contributed by atoms with Gasteiger partial charge in [-0.3, -0.25) is 14.5 Å². The number of pyridine rings is 2. The fourth-order valence-corrected chi connectivity index (χ4v) is 3.80. The van der Waals surface area contributed by atoms with E-state index in [1.165, 1.54) is 12.8 Å². The zero-order chi connectivity index (χ0) is 20.9. The number of hydrogen-bond donors (Lipinski definition) is 2. The van der Waals surface area contributed by atoms with Crippen molar-refractivity contribution in [2.24, 2.45) is 0 Å². The van der Waals surface area contributed by atoms with Crippen LogP contribution in [0.3, 0.4) is 0 Å². The van der Waals surface area contributed by atoms with Gasteiger partial charge in [0.1, 0.15) is 5.82 Å². The van der Waals surface area contributed by atoms with Crippen LogP contribution in [0.4, 0.5) is 11.8 Å². The normalized spacial score (nSPS) is 14.2. The van der Waals surface area contributed by atoms with E-state index in [9.17, 15) is 4.79 Å². The van der Waals surface area contributed by atoms with Crippen LogP contribution in [0.25, 0.3) is 11.1 Å². The Hall–Kier alpha value is -2.71. The van der Waals surface area contributed by atoms with E-state index in [0.29, 0.717) is 34.2 Å². The summed E-state index contributed by atoms with van der Waals surface area (Å²) in [4.78, 5) is 30.1. The van der Waals surface area contributed by atoms with Crippen molar-refractivity contribution >= 4 is 41.2 Å². The molecule has 4 rings (SSSR count). The molecule has 1 aliphatic rings. The predicted molar refractivity (Wildman–Crippen MR) is 120 cm³/mol. The zero-order valence-electron chi connectivity index (χ0n) is 16.4. The Morgan fingerprint density at radius 1 is 1.20 bits per heavy atom. The SMILES string of the molecule is CCC(C(=O)Nc1ccc(-c2cncc(Cl)c2)cn1)c1ccnc(NSC2CC2)n1. The molecule has 1 saturated carbocycles. The molecule has 1 fully saturated rings. The lowest BCUT2D eigenvalue weighted by Crippen LogP contribution is -2.22. The maximum atomic E-state index is 12.9. The van der Waals surface area contributed by atoms with Gasteiger partial charge in [0.05, 0.1) is 16.6 Å². The fourth-order valence-electron chi connectivity index (χ4n) is 2.89. The first kappa shape index (κ1) is 20.6. The Bertz CT molecular complexity index is 1030. The van der Waals surface area contributed by atoms with E-state index >= 15 is 0 Å². The van der Waals surface area contributed by atoms with Crippen LogP contribution in [0.1, 0.15) is 37.8 Å². The molecule has 7 nitrogen and oxygen atoms in total. The Morgan fingerprint density at radius 3 is 2.77 bits per heavy atom. The molecular weight excluding hydrogens is 420 g/mol. The summed E-state index contributed by atoms with van der Waals surface area (Å²) in [6.45, 7) is 1.96. The Labute approximate surface area is 184 Å². The van der Waals surface area contributed by atoms with E-state index in [0.717, 1.165) is 11.1 Å². The molecule has 2 N–H and O–H groups in total. The zero-order valence-corrected chi connectivity index (χ0v) is 18.0. The highest BCUT2D eigenvalue weighted by atomic mass is 35.5. The number of hydrogen-bond acceptors (Lipinski definition) is 7. The van der Waals surface area contributed by atoms with Crippen LogP contribution < -0.4 is 10.0 Å². The molecular formula is C21H21ClN6OS. The average Bonchev–Trinajstić information content (AvgIpc) is 3.58. The first-order chi connectivity index (χ1) is 14.6. The van der Waals surface area contributed by atoms with Crippen LogP contribution in [0.2, 0.25) is 5.02 Å². The molecule has 1 atom stereocenters. The quantitative estimate of drug-likeness (QED) is 0.479. The van der Waals surface area contributed by atoms with Crippen molar-refractivity contribution in [3.05, 3.63) is 59.8 Å². The summed E-state index contributed by atoms with van der Waals surface area (Å²) in [5.41, 5.74) is 2.42. The molecule has 154 valence electrons. The number of amides is 1. The lowest BCUT2D eigenvalue weighted by Gasteiger charge is -2.15. The van der Waals surface area contributed by atoms with Crippen LogP contribution >= 0.6 is 23.5 Å². The molecule has 3 aromatic rings. The minimum atomic E-state index is -0.391. The van der Waals surface area contributed by atoms with Gasteiger partial charge in [-0.2, -0.15) is 0 Å². The van der Waals surface area contributed by atoms with Crippen LogP contribution in [0, 0.1) is 0 Å². The Balaban J connectivity index is 1.43. The minimum Gasteiger partial charge on any atom is -0.310 e. The van der Waals surface area contributed by atoms with Crippen molar-refractivity contribution < 1.29 is 4.79 Å². The van der Waals surface area contributed by atoms with Crippen LogP contribution in [0.5, 0.6) is 0 Å². The Kier molecular flexibility index (Phi) is 6.44. The molecule has 1 aliphatic carbocycles. The molecule has 3 heterocycles. The van der Waals surface area contributed by atoms with Crippen molar-refractivity contribution in [3.8, 4) is 11.1 Å². The largest absolute Gasteiger partial charge is 0.310 e. The Morgan fingerprint density at radius 2 is 2.07 bits per heavy atom. The summed E-state index contributed by atoms with van der Waals surface area (Å²) >= 11 is 7.63. The number of halogens is 1. The number of rotatable bonds is 8. The molecule has 0 aliphatic heterocycles. The molecule has 0 spiro atoms. The number of carbonyl (C=O) groups excluding carboxylic acids is 1. The highest BCUT2D eigenvalue weighted by molar-refractivity contribution is 8.01. The molecule has 1 amide bonds. The lowest BCUT2D eigenvalue weighted by molar-refractivity contribution is -0.117. The van der Waals surface area contributed by atoms with Gasteiger partial charge in [0.25, 0.3) is 0 Å². The first-order valence-corrected chi connectivity index (χ1v) is 11.0. The van der Waals surface area contributed by atoms with Crippen molar-refractivity contribution in [1.29, 1.82) is 0 Å². The predicted octanol–water partition coefficient (Wildman–Crippen LogP) is 4.94. The van der Waals surface area contributed by atoms with Gasteiger partial charge in [0, 0.05) is 41.2 Å². The monoisotopic (exact) mass is 440 g/mol. The van der Waals surface area contributed by atoms with Gasteiger partial charge < -0.3 is 5.32 Å². The summed E-state index contributed by atoms with van der Waals surface area (Å²) in [5.74, 6) is 0.474. The van der Waals surface area contributed by atoms with Crippen LogP contribution in [-0.4, -0.2) is 31.1 Å². The molecule has 9 heteroatoms. The van der Waals surface area contributed by atoms with Crippen molar-refractivity contribution in [2.75, 3.05) is 10.0 Å². The molecule has 3 aromatic heterocycles. The molecule has 0 radical (unpaired) electrons. The number of nitrogens with zero attached hydrogens (tertiary/aromatic N) is 4. The maximum absolute atomic E-state index is 12.9. The summed E-state index contributed by atoms with van der Waals surface area (Å²) < 4.78 is 3.18. The van der Waals surface area contributed by atoms with Gasteiger partial charge >= 0.3 is 0 Å². The van der Waals surface area contributed by atoms with Crippen LogP contribution in [-0.2, 0) is 4.79 Å². The number of aromatic nitrogens is 4. The van der Waals surface area contributed by atoms with Gasteiger partial charge in [0.15, 0.2) is 0 Å². The molecule has 30 heavy (non-hydrogen) atoms. The topological polar surface area (TPSA) is 92.7 Å². The van der Waals surface area contributed by atoms with Gasteiger partial charge in [-0.25, -0.2) is 15.0 Å². The minimum absolute atomic E-state index is 0.151. The summed E-state index contributed by atoms with van der Waals surface area (Å²) in [6.07, 6.45) is 9.72. The standard InChI is InChI=1S/C21H21ClN6OS/c1-2-17(18-7-8-24-21(26-18)28-30-16-4-5-16)20(29)27-19-6-3-13(11-25-19)14-9-15(22)12-23-10-14/h3,6-12,16-17H,2,4-5H2,1H3,(H,24,26,28)(H,25,27,29). The highest BCUT2D eigenvalue weighted by Crippen LogP contribution is 2.34. The molecule has 0 saturated heterocycles. The second-order valence-corrected chi connectivity index (χ2v) is 8.54. The van der Waals surface area contributed by atoms with Gasteiger partial charge in [-0.15, -0.1) is 0 Å². The van der Waals surface area contributed by atoms with Gasteiger partial charge in [0.2, 0.25) is 11.9 Å². The molecule has 1 unspecified atom stereocenters. The van der Waals surface area contributed by atoms with Gasteiger partial charge in [-0.05, 0) is 55.5 Å². The van der Waals surface area contributed by atoms with E-state index in [1.54, 1.807) is 48.9 Å².